The van der Waals surface area contributed by atoms with Crippen molar-refractivity contribution in [1.82, 2.24) is 15.2 Å². The quantitative estimate of drug-likeness (QED) is 0.0424. The molecule has 19 heteroatoms. The van der Waals surface area contributed by atoms with Gasteiger partial charge in [-0.2, -0.15) is 4.18 Å². The number of nitrogens with one attached hydrogen (secondary N) is 1. The third kappa shape index (κ3) is 5.74. The van der Waals surface area contributed by atoms with Gasteiger partial charge in [-0.3, -0.25) is 19.2 Å². The lowest BCUT2D eigenvalue weighted by Crippen LogP contribution is -2.84. The van der Waals surface area contributed by atoms with E-state index in [9.17, 15) is 39.3 Å². The number of aliphatic hydroxyl groups is 3. The number of fused-ring (bicyclic) bond motifs is 1. The summed E-state index contributed by atoms with van der Waals surface area (Å²) in [6.45, 7) is -0.533. The highest BCUT2D eigenvalue weighted by atomic mass is 32.2. The number of β-lactam (4-membered cyclic amide) rings is 1. The standard InChI is InChI=1S/C20H25N5O11S2.CH4O/c1-3-10-5-38(34-2)16-13(15(31)25(16)20(10,8-28)35-9-29)23-14(30)12(11-4-37-18(21)22-11)24-36-19(6-26,7-27)17(32)33;1-2/h4,8-10,13,16,26-27H,3,5-7H2,1-2H3,(H3-,21,22,23,30,32,33);2H,1H3/p+1/b24-12-;/t10-,13+,16+,20-,38?;/m0./s1. The van der Waals surface area contributed by atoms with Crippen LogP contribution in [0.4, 0.5) is 5.13 Å². The van der Waals surface area contributed by atoms with E-state index < -0.39 is 76.5 Å². The number of carbonyl (C=O) groups excluding carboxylic acids is 4. The van der Waals surface area contributed by atoms with Gasteiger partial charge in [-0.15, -0.1) is 11.3 Å². The van der Waals surface area contributed by atoms with E-state index in [2.05, 4.69) is 15.5 Å². The molecule has 7 N–H and O–H groups in total. The third-order valence-corrected chi connectivity index (χ3v) is 9.09. The lowest BCUT2D eigenvalue weighted by molar-refractivity contribution is -0.209. The van der Waals surface area contributed by atoms with Crippen molar-refractivity contribution in [3.05, 3.63) is 11.1 Å². The van der Waals surface area contributed by atoms with Gasteiger partial charge < -0.3 is 41.1 Å². The number of nitrogen functional groups attached to an aromatic ring is 1. The van der Waals surface area contributed by atoms with Crippen LogP contribution < -0.4 is 11.1 Å². The molecule has 2 aliphatic heterocycles. The second-order valence-corrected chi connectivity index (χ2v) is 11.0. The summed E-state index contributed by atoms with van der Waals surface area (Å²) in [6, 6.07) is -1.25. The fourth-order valence-electron chi connectivity index (χ4n) is 4.06. The topological polar surface area (TPSA) is 260 Å². The summed E-state index contributed by atoms with van der Waals surface area (Å²) in [5.41, 5.74) is 0.428. The van der Waals surface area contributed by atoms with E-state index in [1.54, 1.807) is 6.92 Å². The highest BCUT2D eigenvalue weighted by molar-refractivity contribution is 7.93. The van der Waals surface area contributed by atoms with Crippen LogP contribution in [0, 0.1) is 5.92 Å². The molecule has 2 saturated heterocycles. The van der Waals surface area contributed by atoms with Gasteiger partial charge in [-0.25, -0.2) is 14.7 Å². The monoisotopic (exact) mass is 608 g/mol. The van der Waals surface area contributed by atoms with Gasteiger partial charge in [0.1, 0.15) is 5.69 Å². The lowest BCUT2D eigenvalue weighted by Gasteiger charge is -2.55. The summed E-state index contributed by atoms with van der Waals surface area (Å²) in [5.74, 6) is -3.86. The fourth-order valence-corrected chi connectivity index (χ4v) is 7.01. The first-order valence-electron chi connectivity index (χ1n) is 11.4. The zero-order valence-corrected chi connectivity index (χ0v) is 23.2. The minimum atomic E-state index is -2.58. The van der Waals surface area contributed by atoms with Crippen molar-refractivity contribution in [1.29, 1.82) is 0 Å². The molecule has 1 unspecified atom stereocenters. The Labute approximate surface area is 234 Å². The summed E-state index contributed by atoms with van der Waals surface area (Å²) < 4.78 is 10.7. The number of anilines is 1. The van der Waals surface area contributed by atoms with Crippen molar-refractivity contribution in [3.8, 4) is 0 Å². The van der Waals surface area contributed by atoms with E-state index in [0.29, 0.717) is 12.7 Å². The van der Waals surface area contributed by atoms with Crippen molar-refractivity contribution in [2.24, 2.45) is 11.1 Å². The summed E-state index contributed by atoms with van der Waals surface area (Å²) in [7, 11) is 2.40. The van der Waals surface area contributed by atoms with Crippen LogP contribution in [0.1, 0.15) is 19.0 Å². The molecule has 40 heavy (non-hydrogen) atoms. The lowest BCUT2D eigenvalue weighted by atomic mass is 9.88. The molecule has 0 saturated carbocycles. The van der Waals surface area contributed by atoms with Crippen molar-refractivity contribution in [2.75, 3.05) is 38.9 Å². The van der Waals surface area contributed by atoms with Gasteiger partial charge in [-0.1, -0.05) is 12.1 Å². The van der Waals surface area contributed by atoms with Gasteiger partial charge in [0.2, 0.25) is 0 Å². The van der Waals surface area contributed by atoms with Crippen LogP contribution in [0.2, 0.25) is 0 Å². The number of ether oxygens (including phenoxy) is 1. The summed E-state index contributed by atoms with van der Waals surface area (Å²) in [5, 5.41) is 41.7. The van der Waals surface area contributed by atoms with E-state index in [0.717, 1.165) is 23.3 Å². The van der Waals surface area contributed by atoms with Gasteiger partial charge in [0.05, 0.1) is 26.2 Å². The van der Waals surface area contributed by atoms with Crippen molar-refractivity contribution in [3.63, 3.8) is 0 Å². The SMILES string of the molecule is CC[C@H]1C[S+](OC)[C@@H]2[C@H](NC(=O)/C(=N\OC(CO)(CO)C(=O)O)c3csc(N)n3)C(=O)N2[C@@]1(C=O)OC=O.CO. The number of carbonyl (C=O) groups is 5. The van der Waals surface area contributed by atoms with Gasteiger partial charge in [-0.05, 0) is 6.42 Å². The molecular weight excluding hydrogens is 578 g/mol. The van der Waals surface area contributed by atoms with Gasteiger partial charge in [0.15, 0.2) is 40.1 Å². The predicted molar refractivity (Wildman–Crippen MR) is 138 cm³/mol. The van der Waals surface area contributed by atoms with E-state index in [1.165, 1.54) is 12.5 Å². The summed E-state index contributed by atoms with van der Waals surface area (Å²) >= 11 is -0.0555. The van der Waals surface area contributed by atoms with Crippen LogP contribution in [-0.2, 0) is 48.9 Å². The number of aliphatic carboxylic acids is 1. The molecular formula is C21H30N5O12S2+. The van der Waals surface area contributed by atoms with Gasteiger partial charge in [0, 0.05) is 12.5 Å². The molecule has 3 rings (SSSR count). The molecule has 222 valence electrons. The third-order valence-electron chi connectivity index (χ3n) is 6.23. The van der Waals surface area contributed by atoms with E-state index in [-0.39, 0.29) is 23.1 Å². The normalized spacial score (nSPS) is 25.9. The van der Waals surface area contributed by atoms with E-state index >= 15 is 0 Å². The Balaban J connectivity index is 0.00000274. The van der Waals surface area contributed by atoms with Gasteiger partial charge >= 0.3 is 5.97 Å². The van der Waals surface area contributed by atoms with Crippen LogP contribution in [0.3, 0.4) is 0 Å². The van der Waals surface area contributed by atoms with Crippen molar-refractivity contribution < 1.29 is 58.2 Å². The second kappa shape index (κ2) is 13.8. The molecule has 0 radical (unpaired) electrons. The molecule has 0 spiro atoms. The summed E-state index contributed by atoms with van der Waals surface area (Å²) in [4.78, 5) is 71.3. The Bertz CT molecular complexity index is 1130. The number of oxime groups is 1. The molecule has 0 aliphatic carbocycles. The molecule has 0 aromatic carbocycles. The summed E-state index contributed by atoms with van der Waals surface area (Å²) in [6.07, 6.45) is 0.760. The van der Waals surface area contributed by atoms with Crippen LogP contribution >= 0.6 is 11.3 Å². The number of amides is 2. The van der Waals surface area contributed by atoms with E-state index in [4.69, 9.17) is 24.6 Å². The minimum Gasteiger partial charge on any atom is -0.478 e. The number of hydrogen-bond donors (Lipinski definition) is 6. The second-order valence-electron chi connectivity index (χ2n) is 8.17. The maximum absolute atomic E-state index is 13.3. The van der Waals surface area contributed by atoms with Crippen molar-refractivity contribution >= 4 is 63.9 Å². The number of thiazole rings is 1. The number of nitrogens with two attached hydrogens (primary N) is 1. The molecule has 2 amide bonds. The Morgan fingerprint density at radius 3 is 2.48 bits per heavy atom. The van der Waals surface area contributed by atoms with E-state index in [1.807, 2.05) is 0 Å². The number of aliphatic hydroxyl groups excluding tert-OH is 3. The first kappa shape index (κ1) is 32.8. The van der Waals surface area contributed by atoms with Crippen LogP contribution in [0.25, 0.3) is 0 Å². The number of carboxylic acid groups (broad SMARTS) is 1. The molecule has 3 heterocycles. The molecule has 5 atom stereocenters. The Morgan fingerprint density at radius 2 is 2.02 bits per heavy atom. The number of aromatic nitrogens is 1. The molecule has 2 aliphatic rings. The molecule has 0 bridgehead atoms. The molecule has 1 aromatic heterocycles. The first-order chi connectivity index (χ1) is 19.1. The fraction of sp³-hybridized carbons (Fsp3) is 0.571. The number of hydrogen-bond acceptors (Lipinski definition) is 15. The first-order valence-corrected chi connectivity index (χ1v) is 13.7. The Morgan fingerprint density at radius 1 is 1.38 bits per heavy atom. The molecule has 17 nitrogen and oxygen atoms in total. The maximum Gasteiger partial charge on any atom is 0.355 e. The highest BCUT2D eigenvalue weighted by Gasteiger charge is 2.73. The highest BCUT2D eigenvalue weighted by Crippen LogP contribution is 2.45. The number of nitrogens with zero attached hydrogens (tertiary/aromatic N) is 3. The Kier molecular flexibility index (Phi) is 11.3. The van der Waals surface area contributed by atoms with Crippen molar-refractivity contribution in [2.45, 2.75) is 36.1 Å². The largest absolute Gasteiger partial charge is 0.478 e. The number of aldehydes is 1. The number of rotatable bonds is 13. The zero-order chi connectivity index (χ0) is 30.3. The maximum atomic E-state index is 13.3. The number of carboxylic acids is 1. The van der Waals surface area contributed by atoms with Gasteiger partial charge in [0.25, 0.3) is 35.0 Å². The smallest absolute Gasteiger partial charge is 0.355 e. The van der Waals surface area contributed by atoms with Crippen LogP contribution in [-0.4, -0.2) is 122 Å². The van der Waals surface area contributed by atoms with Crippen LogP contribution in [0.5, 0.6) is 0 Å². The minimum absolute atomic E-state index is 0.0285. The zero-order valence-electron chi connectivity index (χ0n) is 21.6. The Hall–Kier alpha value is -3.36. The average molecular weight is 609 g/mol. The average Bonchev–Trinajstić information content (AvgIpc) is 3.39. The molecule has 2 fully saturated rings. The molecule has 1 aromatic rings. The van der Waals surface area contributed by atoms with Crippen LogP contribution in [0.15, 0.2) is 10.5 Å². The predicted octanol–water partition coefficient (Wildman–Crippen LogP) is -3.20.